The molecule has 0 unspecified atom stereocenters. The van der Waals surface area contributed by atoms with Crippen LogP contribution in [-0.2, 0) is 4.57 Å². The molecule has 1 aromatic carbocycles. The Morgan fingerprint density at radius 2 is 2.00 bits per heavy atom. The molecule has 76 valence electrons. The van der Waals surface area contributed by atoms with Crippen molar-refractivity contribution in [3.05, 3.63) is 29.2 Å². The fourth-order valence-electron chi connectivity index (χ4n) is 0.712. The molecule has 0 heterocycles. The molecule has 0 bridgehead atoms. The summed E-state index contributed by atoms with van der Waals surface area (Å²) in [5, 5.41) is 8.39. The first kappa shape index (κ1) is 14.9. The highest BCUT2D eigenvalue weighted by Crippen LogP contribution is 2.25. The van der Waals surface area contributed by atoms with E-state index in [4.69, 9.17) is 19.6 Å². The van der Waals surface area contributed by atoms with E-state index in [-0.39, 0.29) is 4.70 Å². The molecule has 0 aromatic heterocycles. The SMILES string of the molecule is COc1ccccc1[N+]#N.F.O=PO. The number of hydrogen-bond donors (Lipinski definition) is 1. The van der Waals surface area contributed by atoms with Crippen LogP contribution >= 0.6 is 8.69 Å². The number of benzene rings is 1. The van der Waals surface area contributed by atoms with Crippen LogP contribution in [0.25, 0.3) is 4.98 Å². The number of hydrogen-bond acceptors (Lipinski definition) is 3. The Bertz CT molecular complexity index is 316. The Balaban J connectivity index is 0. The standard InChI is InChI=1S/C7H7N2O.FH.HO2P/c1-10-7-5-3-2-4-6(7)9-8;;1-3-2/h2-5H,1H3;1H;(H,1,2)/q+1;;. The van der Waals surface area contributed by atoms with Gasteiger partial charge in [0.25, 0.3) is 0 Å². The van der Waals surface area contributed by atoms with Crippen molar-refractivity contribution < 1.29 is 18.9 Å². The Morgan fingerprint density at radius 3 is 2.36 bits per heavy atom. The van der Waals surface area contributed by atoms with Gasteiger partial charge in [0.05, 0.1) is 7.11 Å². The van der Waals surface area contributed by atoms with E-state index in [0.717, 1.165) is 0 Å². The van der Waals surface area contributed by atoms with Crippen molar-refractivity contribution in [1.29, 1.82) is 5.39 Å². The fraction of sp³-hybridized carbons (Fsp3) is 0.143. The summed E-state index contributed by atoms with van der Waals surface area (Å²) in [7, 11) is 0.698. The molecule has 0 aliphatic heterocycles. The average molecular weight is 219 g/mol. The molecule has 14 heavy (non-hydrogen) atoms. The Labute approximate surface area is 81.6 Å². The van der Waals surface area contributed by atoms with Crippen molar-refractivity contribution in [2.24, 2.45) is 0 Å². The summed E-state index contributed by atoms with van der Waals surface area (Å²) in [4.78, 5) is 10.0. The predicted molar refractivity (Wildman–Crippen MR) is 50.1 cm³/mol. The third-order valence-corrected chi connectivity index (χ3v) is 1.19. The lowest BCUT2D eigenvalue weighted by molar-refractivity contribution is 0.417. The third kappa shape index (κ3) is 5.14. The maximum absolute atomic E-state index is 8.46. The summed E-state index contributed by atoms with van der Waals surface area (Å²) in [5.41, 5.74) is 0.449. The van der Waals surface area contributed by atoms with E-state index in [1.165, 1.54) is 7.11 Å². The van der Waals surface area contributed by atoms with Crippen molar-refractivity contribution in [2.45, 2.75) is 0 Å². The lowest BCUT2D eigenvalue weighted by Crippen LogP contribution is -1.80. The minimum Gasteiger partial charge on any atom is -0.489 e. The van der Waals surface area contributed by atoms with E-state index in [1.807, 2.05) is 6.07 Å². The van der Waals surface area contributed by atoms with Crippen molar-refractivity contribution >= 4 is 14.4 Å². The normalized spacial score (nSPS) is 7.50. The molecule has 0 aliphatic carbocycles. The number of methoxy groups -OCH3 is 1. The second-order valence-electron chi connectivity index (χ2n) is 1.85. The highest BCUT2D eigenvalue weighted by molar-refractivity contribution is 7.16. The van der Waals surface area contributed by atoms with E-state index < -0.39 is 8.69 Å². The Hall–Kier alpha value is -1.57. The first-order valence-corrected chi connectivity index (χ1v) is 4.01. The summed E-state index contributed by atoms with van der Waals surface area (Å²) in [6, 6.07) is 6.99. The van der Waals surface area contributed by atoms with Gasteiger partial charge in [0.15, 0.2) is 4.98 Å². The number of para-hydroxylation sites is 1. The van der Waals surface area contributed by atoms with Gasteiger partial charge in [-0.1, -0.05) is 12.1 Å². The zero-order chi connectivity index (χ0) is 10.1. The van der Waals surface area contributed by atoms with Crippen LogP contribution < -0.4 is 4.74 Å². The van der Waals surface area contributed by atoms with Gasteiger partial charge >= 0.3 is 14.4 Å². The second kappa shape index (κ2) is 9.52. The van der Waals surface area contributed by atoms with Crippen molar-refractivity contribution in [3.63, 3.8) is 0 Å². The molecule has 1 rings (SSSR count). The van der Waals surface area contributed by atoms with Crippen molar-refractivity contribution in [2.75, 3.05) is 7.11 Å². The van der Waals surface area contributed by atoms with Crippen LogP contribution in [-0.4, -0.2) is 12.0 Å². The maximum Gasteiger partial charge on any atom is 0.426 e. The first-order chi connectivity index (χ1) is 6.29. The molecule has 7 heteroatoms. The molecule has 0 amide bonds. The number of nitrogens with zero attached hydrogens (tertiary/aromatic N) is 2. The molecule has 0 fully saturated rings. The first-order valence-electron chi connectivity index (χ1n) is 3.25. The molecule has 1 N–H and O–H groups in total. The highest BCUT2D eigenvalue weighted by atomic mass is 31.1. The van der Waals surface area contributed by atoms with Gasteiger partial charge in [-0.05, 0) is 6.07 Å². The summed E-state index contributed by atoms with van der Waals surface area (Å²) < 4.78 is 13.3. The summed E-state index contributed by atoms with van der Waals surface area (Å²) in [6.07, 6.45) is 0. The van der Waals surface area contributed by atoms with Crippen LogP contribution in [0.1, 0.15) is 0 Å². The fourth-order valence-corrected chi connectivity index (χ4v) is 0.712. The van der Waals surface area contributed by atoms with Gasteiger partial charge in [0, 0.05) is 6.07 Å². The van der Waals surface area contributed by atoms with Crippen LogP contribution in [0.5, 0.6) is 5.75 Å². The quantitative estimate of drug-likeness (QED) is 0.581. The number of rotatable bonds is 1. The van der Waals surface area contributed by atoms with Crippen LogP contribution in [0.3, 0.4) is 0 Å². The van der Waals surface area contributed by atoms with Gasteiger partial charge in [-0.2, -0.15) is 0 Å². The van der Waals surface area contributed by atoms with Crippen LogP contribution in [0.2, 0.25) is 0 Å². The largest absolute Gasteiger partial charge is 0.489 e. The van der Waals surface area contributed by atoms with E-state index in [2.05, 4.69) is 4.98 Å². The molecule has 1 aromatic rings. The zero-order valence-corrected chi connectivity index (χ0v) is 8.22. The van der Waals surface area contributed by atoms with Gasteiger partial charge in [-0.3, -0.25) is 4.70 Å². The summed E-state index contributed by atoms with van der Waals surface area (Å²) in [5.74, 6) is 0.574. The number of halogens is 1. The molecule has 0 spiro atoms. The van der Waals surface area contributed by atoms with Crippen LogP contribution in [0.15, 0.2) is 24.3 Å². The number of ether oxygens (including phenoxy) is 1. The smallest absolute Gasteiger partial charge is 0.426 e. The Kier molecular flexibility index (Phi) is 10.1. The van der Waals surface area contributed by atoms with Gasteiger partial charge in [0.2, 0.25) is 11.1 Å². The lowest BCUT2D eigenvalue weighted by Gasteiger charge is -1.91. The monoisotopic (exact) mass is 219 g/mol. The molecule has 5 nitrogen and oxygen atoms in total. The summed E-state index contributed by atoms with van der Waals surface area (Å²) in [6.45, 7) is 0. The van der Waals surface area contributed by atoms with Crippen LogP contribution in [0.4, 0.5) is 10.4 Å². The topological polar surface area (TPSA) is 74.7 Å². The zero-order valence-electron chi connectivity index (χ0n) is 7.32. The molecule has 0 saturated carbocycles. The average Bonchev–Trinajstić information content (AvgIpc) is 2.19. The minimum atomic E-state index is -0.833. The Morgan fingerprint density at radius 1 is 1.50 bits per heavy atom. The van der Waals surface area contributed by atoms with Crippen LogP contribution in [0, 0.1) is 5.39 Å². The van der Waals surface area contributed by atoms with E-state index in [1.54, 1.807) is 18.2 Å². The maximum atomic E-state index is 8.46. The molecule has 0 atom stereocenters. The van der Waals surface area contributed by atoms with E-state index >= 15 is 0 Å². The summed E-state index contributed by atoms with van der Waals surface area (Å²) >= 11 is 0. The molecular formula is C7H9FN2O3P+. The third-order valence-electron chi connectivity index (χ3n) is 1.19. The lowest BCUT2D eigenvalue weighted by atomic mass is 10.3. The molecule has 0 radical (unpaired) electrons. The predicted octanol–water partition coefficient (Wildman–Crippen LogP) is 2.52. The van der Waals surface area contributed by atoms with Gasteiger partial charge in [-0.15, -0.1) is 0 Å². The molecule has 0 saturated heterocycles. The highest BCUT2D eigenvalue weighted by Gasteiger charge is 2.10. The van der Waals surface area contributed by atoms with Gasteiger partial charge < -0.3 is 9.63 Å². The molecule has 0 aliphatic rings. The number of diazo groups is 1. The van der Waals surface area contributed by atoms with Gasteiger partial charge in [-0.25, -0.2) is 4.57 Å². The van der Waals surface area contributed by atoms with E-state index in [9.17, 15) is 0 Å². The van der Waals surface area contributed by atoms with Crippen molar-refractivity contribution in [1.82, 2.24) is 0 Å². The van der Waals surface area contributed by atoms with E-state index in [0.29, 0.717) is 11.4 Å². The van der Waals surface area contributed by atoms with Gasteiger partial charge in [0.1, 0.15) is 0 Å². The van der Waals surface area contributed by atoms with Crippen molar-refractivity contribution in [3.8, 4) is 5.75 Å². The molecular weight excluding hydrogens is 210 g/mol. The second-order valence-corrected chi connectivity index (χ2v) is 2.02. The minimum absolute atomic E-state index is 0.